The second kappa shape index (κ2) is 7.35. The Bertz CT molecular complexity index is 483. The van der Waals surface area contributed by atoms with Gasteiger partial charge in [-0.05, 0) is 13.0 Å². The van der Waals surface area contributed by atoms with Crippen LogP contribution in [0.3, 0.4) is 0 Å². The molecule has 0 aliphatic carbocycles. The summed E-state index contributed by atoms with van der Waals surface area (Å²) in [5.41, 5.74) is 0. The van der Waals surface area contributed by atoms with Gasteiger partial charge >= 0.3 is 0 Å². The van der Waals surface area contributed by atoms with Gasteiger partial charge in [-0.1, -0.05) is 13.8 Å². The molecule has 0 aliphatic rings. The molecule has 0 spiro atoms. The summed E-state index contributed by atoms with van der Waals surface area (Å²) in [5.74, 6) is 0. The Morgan fingerprint density at radius 2 is 2.05 bits per heavy atom. The Hall–Kier alpha value is -0.470. The molecule has 110 valence electrons. The van der Waals surface area contributed by atoms with Gasteiger partial charge in [0.15, 0.2) is 0 Å². The molecule has 1 heterocycles. The van der Waals surface area contributed by atoms with Crippen LogP contribution < -0.4 is 10.0 Å². The van der Waals surface area contributed by atoms with Crippen LogP contribution in [0.25, 0.3) is 0 Å². The van der Waals surface area contributed by atoms with E-state index in [1.54, 1.807) is 18.6 Å². The van der Waals surface area contributed by atoms with E-state index in [0.29, 0.717) is 17.5 Å². The van der Waals surface area contributed by atoms with Crippen molar-refractivity contribution in [3.8, 4) is 0 Å². The van der Waals surface area contributed by atoms with Gasteiger partial charge in [-0.3, -0.25) is 0 Å². The van der Waals surface area contributed by atoms with Crippen molar-refractivity contribution in [2.45, 2.75) is 44.4 Å². The van der Waals surface area contributed by atoms with Crippen LogP contribution in [0.4, 0.5) is 0 Å². The summed E-state index contributed by atoms with van der Waals surface area (Å²) in [6.07, 6.45) is -0.143. The summed E-state index contributed by atoms with van der Waals surface area (Å²) < 4.78 is 31.6. The van der Waals surface area contributed by atoms with Crippen LogP contribution in [0.15, 0.2) is 16.3 Å². The first kappa shape index (κ1) is 16.6. The number of hydrogen-bond donors (Lipinski definition) is 2. The maximum atomic E-state index is 12.0. The summed E-state index contributed by atoms with van der Waals surface area (Å²) in [4.78, 5) is 1.33. The molecule has 0 amide bonds. The lowest BCUT2D eigenvalue weighted by Gasteiger charge is -2.10. The van der Waals surface area contributed by atoms with Gasteiger partial charge in [0, 0.05) is 36.5 Å². The molecule has 7 heteroatoms. The van der Waals surface area contributed by atoms with Crippen LogP contribution in [-0.4, -0.2) is 34.2 Å². The average molecular weight is 306 g/mol. The van der Waals surface area contributed by atoms with Crippen molar-refractivity contribution in [2.24, 2.45) is 0 Å². The zero-order valence-electron chi connectivity index (χ0n) is 11.8. The summed E-state index contributed by atoms with van der Waals surface area (Å²) in [6, 6.07) is 2.09. The van der Waals surface area contributed by atoms with Crippen LogP contribution in [0.2, 0.25) is 0 Å². The number of thiophene rings is 1. The molecule has 1 unspecified atom stereocenters. The van der Waals surface area contributed by atoms with Crippen molar-refractivity contribution in [1.29, 1.82) is 0 Å². The van der Waals surface area contributed by atoms with E-state index in [1.165, 1.54) is 11.3 Å². The first-order valence-electron chi connectivity index (χ1n) is 6.18. The number of methoxy groups -OCH3 is 1. The second-order valence-corrected chi connectivity index (χ2v) is 7.45. The van der Waals surface area contributed by atoms with Crippen LogP contribution in [0.1, 0.15) is 25.6 Å². The SMILES string of the molecule is COC(C)CNS(=O)(=O)c1csc(CNC(C)C)c1. The normalized spacial score (nSPS) is 13.9. The minimum atomic E-state index is -3.43. The van der Waals surface area contributed by atoms with Crippen molar-refractivity contribution in [1.82, 2.24) is 10.0 Å². The molecule has 0 saturated carbocycles. The van der Waals surface area contributed by atoms with Crippen molar-refractivity contribution in [3.05, 3.63) is 16.3 Å². The zero-order chi connectivity index (χ0) is 14.5. The third kappa shape index (κ3) is 5.58. The molecule has 0 bridgehead atoms. The fraction of sp³-hybridized carbons (Fsp3) is 0.667. The minimum absolute atomic E-state index is 0.143. The molecule has 0 fully saturated rings. The number of rotatable bonds is 8. The molecular formula is C12H22N2O3S2. The number of nitrogens with one attached hydrogen (secondary N) is 2. The van der Waals surface area contributed by atoms with Crippen molar-refractivity contribution in [3.63, 3.8) is 0 Å². The number of hydrogen-bond acceptors (Lipinski definition) is 5. The van der Waals surface area contributed by atoms with Crippen molar-refractivity contribution >= 4 is 21.4 Å². The van der Waals surface area contributed by atoms with E-state index in [4.69, 9.17) is 4.74 Å². The highest BCUT2D eigenvalue weighted by molar-refractivity contribution is 7.89. The molecule has 0 saturated heterocycles. The average Bonchev–Trinajstić information content (AvgIpc) is 2.83. The van der Waals surface area contributed by atoms with E-state index >= 15 is 0 Å². The van der Waals surface area contributed by atoms with Gasteiger partial charge in [-0.25, -0.2) is 13.1 Å². The Kier molecular flexibility index (Phi) is 6.41. The van der Waals surface area contributed by atoms with E-state index in [0.717, 1.165) is 4.88 Å². The Balaban J connectivity index is 2.63. The monoisotopic (exact) mass is 306 g/mol. The quantitative estimate of drug-likeness (QED) is 0.765. The minimum Gasteiger partial charge on any atom is -0.380 e. The molecule has 19 heavy (non-hydrogen) atoms. The molecule has 2 N–H and O–H groups in total. The highest BCUT2D eigenvalue weighted by Gasteiger charge is 2.17. The highest BCUT2D eigenvalue weighted by Crippen LogP contribution is 2.19. The van der Waals surface area contributed by atoms with Crippen LogP contribution in [-0.2, 0) is 21.3 Å². The number of ether oxygens (including phenoxy) is 1. The lowest BCUT2D eigenvalue weighted by molar-refractivity contribution is 0.122. The maximum absolute atomic E-state index is 12.0. The maximum Gasteiger partial charge on any atom is 0.241 e. The van der Waals surface area contributed by atoms with E-state index in [1.807, 2.05) is 6.92 Å². The highest BCUT2D eigenvalue weighted by atomic mass is 32.2. The molecule has 0 aromatic carbocycles. The van der Waals surface area contributed by atoms with Gasteiger partial charge in [0.1, 0.15) is 0 Å². The fourth-order valence-electron chi connectivity index (χ4n) is 1.29. The second-order valence-electron chi connectivity index (χ2n) is 4.68. The van der Waals surface area contributed by atoms with Crippen molar-refractivity contribution < 1.29 is 13.2 Å². The van der Waals surface area contributed by atoms with Crippen molar-refractivity contribution in [2.75, 3.05) is 13.7 Å². The lowest BCUT2D eigenvalue weighted by atomic mass is 10.4. The van der Waals surface area contributed by atoms with Gasteiger partial charge < -0.3 is 10.1 Å². The standard InChI is InChI=1S/C12H22N2O3S2/c1-9(2)13-7-11-5-12(8-18-11)19(15,16)14-6-10(3)17-4/h5,8-10,13-14H,6-7H2,1-4H3. The largest absolute Gasteiger partial charge is 0.380 e. The van der Waals surface area contributed by atoms with E-state index in [9.17, 15) is 8.42 Å². The predicted molar refractivity (Wildman–Crippen MR) is 78.0 cm³/mol. The summed E-state index contributed by atoms with van der Waals surface area (Å²) in [7, 11) is -1.88. The number of sulfonamides is 1. The Morgan fingerprint density at radius 1 is 1.37 bits per heavy atom. The molecule has 1 rings (SSSR count). The van der Waals surface area contributed by atoms with Crippen LogP contribution in [0, 0.1) is 0 Å². The lowest BCUT2D eigenvalue weighted by Crippen LogP contribution is -2.31. The van der Waals surface area contributed by atoms with Gasteiger partial charge in [0.05, 0.1) is 11.0 Å². The molecule has 5 nitrogen and oxygen atoms in total. The predicted octanol–water partition coefficient (Wildman–Crippen LogP) is 1.56. The van der Waals surface area contributed by atoms with Crippen LogP contribution in [0.5, 0.6) is 0 Å². The third-order valence-corrected chi connectivity index (χ3v) is 5.08. The third-order valence-electron chi connectivity index (χ3n) is 2.59. The van der Waals surface area contributed by atoms with E-state index in [-0.39, 0.29) is 12.6 Å². The Labute approximate surface area is 119 Å². The van der Waals surface area contributed by atoms with Gasteiger partial charge in [0.25, 0.3) is 0 Å². The summed E-state index contributed by atoms with van der Waals surface area (Å²) in [5, 5.41) is 4.92. The molecular weight excluding hydrogens is 284 g/mol. The molecule has 1 atom stereocenters. The smallest absolute Gasteiger partial charge is 0.241 e. The molecule has 0 aliphatic heterocycles. The topological polar surface area (TPSA) is 67.4 Å². The summed E-state index contributed by atoms with van der Waals surface area (Å²) in [6.45, 7) is 6.88. The van der Waals surface area contributed by atoms with Gasteiger partial charge in [0.2, 0.25) is 10.0 Å². The first-order valence-corrected chi connectivity index (χ1v) is 8.54. The van der Waals surface area contributed by atoms with Gasteiger partial charge in [-0.15, -0.1) is 11.3 Å². The fourth-order valence-corrected chi connectivity index (χ4v) is 3.63. The van der Waals surface area contributed by atoms with E-state index in [2.05, 4.69) is 23.9 Å². The first-order chi connectivity index (χ1) is 8.85. The Morgan fingerprint density at radius 3 is 2.63 bits per heavy atom. The van der Waals surface area contributed by atoms with Gasteiger partial charge in [-0.2, -0.15) is 0 Å². The summed E-state index contributed by atoms with van der Waals surface area (Å²) >= 11 is 1.45. The molecule has 1 aromatic heterocycles. The van der Waals surface area contributed by atoms with E-state index < -0.39 is 10.0 Å². The molecule has 0 radical (unpaired) electrons. The zero-order valence-corrected chi connectivity index (χ0v) is 13.4. The molecule has 1 aromatic rings. The van der Waals surface area contributed by atoms with Crippen LogP contribution >= 0.6 is 11.3 Å².